The van der Waals surface area contributed by atoms with Crippen LogP contribution in [0.25, 0.3) is 111 Å². The maximum absolute atomic E-state index is 5.03. The first-order valence-corrected chi connectivity index (χ1v) is 21.0. The van der Waals surface area contributed by atoms with Crippen molar-refractivity contribution in [3.8, 4) is 67.8 Å². The van der Waals surface area contributed by atoms with Gasteiger partial charge in [-0.25, -0.2) is 15.0 Å². The second-order valence-electron chi connectivity index (χ2n) is 15.6. The molecule has 0 aliphatic carbocycles. The molecule has 3 heterocycles. The molecule has 0 spiro atoms. The predicted molar refractivity (Wildman–Crippen MR) is 256 cm³/mol. The predicted octanol–water partition coefficient (Wildman–Crippen LogP) is 14.4. The van der Waals surface area contributed by atoms with E-state index in [1.54, 1.807) is 0 Å². The van der Waals surface area contributed by atoms with Gasteiger partial charge in [-0.3, -0.25) is 0 Å². The molecule has 5 heteroatoms. The van der Waals surface area contributed by atoms with Crippen LogP contribution in [0.3, 0.4) is 0 Å². The van der Waals surface area contributed by atoms with Crippen molar-refractivity contribution in [2.45, 2.75) is 0 Å². The lowest BCUT2D eigenvalue weighted by atomic mass is 9.98. The van der Waals surface area contributed by atoms with E-state index in [0.29, 0.717) is 17.5 Å². The Morgan fingerprint density at radius 2 is 0.677 bits per heavy atom. The van der Waals surface area contributed by atoms with E-state index in [1.807, 2.05) is 60.7 Å². The number of rotatable bonds is 7. The fourth-order valence-electron chi connectivity index (χ4n) is 9.11. The molecule has 0 aliphatic rings. The number of hydrogen-bond acceptors (Lipinski definition) is 3. The smallest absolute Gasteiger partial charge is 0.164 e. The molecule has 0 saturated heterocycles. The first-order valence-electron chi connectivity index (χ1n) is 21.0. The molecule has 290 valence electrons. The van der Waals surface area contributed by atoms with Crippen LogP contribution >= 0.6 is 0 Å². The number of benzene rings is 9. The van der Waals surface area contributed by atoms with E-state index in [2.05, 4.69) is 173 Å². The van der Waals surface area contributed by atoms with Gasteiger partial charge in [0.15, 0.2) is 17.5 Å². The fourth-order valence-corrected chi connectivity index (χ4v) is 9.11. The molecule has 62 heavy (non-hydrogen) atoms. The fraction of sp³-hybridized carbons (Fsp3) is 0. The summed E-state index contributed by atoms with van der Waals surface area (Å²) in [5.74, 6) is 1.91. The standard InChI is InChI=1S/C57H37N5/c1-5-17-38(18-6-1)43-31-34-45(39-19-7-2-8-20-39)52(37-43)62-51-28-16-14-26-47(51)49-36-35-48-46-25-13-15-27-50(46)61(53(48)54(49)62)44-32-29-42(30-33-44)57-59-55(40-21-9-3-10-22-40)58-56(60-57)41-23-11-4-12-24-41/h1-37H. The first-order chi connectivity index (χ1) is 30.8. The van der Waals surface area contributed by atoms with Crippen molar-refractivity contribution in [2.24, 2.45) is 0 Å². The van der Waals surface area contributed by atoms with E-state index < -0.39 is 0 Å². The lowest BCUT2D eigenvalue weighted by Crippen LogP contribution is -2.02. The van der Waals surface area contributed by atoms with Crippen molar-refractivity contribution in [3.63, 3.8) is 0 Å². The Hall–Kier alpha value is -8.41. The first kappa shape index (κ1) is 35.5. The Labute approximate surface area is 358 Å². The Bertz CT molecular complexity index is 3540. The van der Waals surface area contributed by atoms with Gasteiger partial charge in [-0.15, -0.1) is 0 Å². The van der Waals surface area contributed by atoms with E-state index in [0.717, 1.165) is 50.1 Å². The Morgan fingerprint density at radius 1 is 0.274 bits per heavy atom. The topological polar surface area (TPSA) is 48.5 Å². The Balaban J connectivity index is 1.12. The van der Waals surface area contributed by atoms with Gasteiger partial charge in [0.1, 0.15) is 0 Å². The summed E-state index contributed by atoms with van der Waals surface area (Å²) in [4.78, 5) is 15.0. The molecule has 12 aromatic rings. The summed E-state index contributed by atoms with van der Waals surface area (Å²) < 4.78 is 4.94. The van der Waals surface area contributed by atoms with Crippen LogP contribution in [0.2, 0.25) is 0 Å². The highest BCUT2D eigenvalue weighted by atomic mass is 15.1. The van der Waals surface area contributed by atoms with Crippen molar-refractivity contribution >= 4 is 43.6 Å². The SMILES string of the molecule is c1ccc(-c2ccc(-c3ccccc3)c(-n3c4ccccc4c4ccc5c6ccccc6n(-c6ccc(-c7nc(-c8ccccc8)nc(-c8ccccc8)n7)cc6)c5c43)c2)cc1. The Morgan fingerprint density at radius 3 is 1.21 bits per heavy atom. The lowest BCUT2D eigenvalue weighted by Gasteiger charge is -2.17. The minimum absolute atomic E-state index is 0.626. The molecule has 9 aromatic carbocycles. The van der Waals surface area contributed by atoms with Gasteiger partial charge < -0.3 is 9.13 Å². The van der Waals surface area contributed by atoms with E-state index in [9.17, 15) is 0 Å². The number of para-hydroxylation sites is 2. The van der Waals surface area contributed by atoms with Crippen molar-refractivity contribution < 1.29 is 0 Å². The van der Waals surface area contributed by atoms with Crippen LogP contribution in [0.15, 0.2) is 224 Å². The average molecular weight is 792 g/mol. The van der Waals surface area contributed by atoms with Crippen molar-refractivity contribution in [1.82, 2.24) is 24.1 Å². The number of aromatic nitrogens is 5. The molecule has 12 rings (SSSR count). The number of fused-ring (bicyclic) bond motifs is 7. The maximum atomic E-state index is 5.03. The third-order valence-electron chi connectivity index (χ3n) is 12.0. The minimum atomic E-state index is 0.626. The summed E-state index contributed by atoms with van der Waals surface area (Å²) >= 11 is 0. The van der Waals surface area contributed by atoms with Crippen LogP contribution in [0.1, 0.15) is 0 Å². The summed E-state index contributed by atoms with van der Waals surface area (Å²) in [7, 11) is 0. The van der Waals surface area contributed by atoms with Gasteiger partial charge in [0.05, 0.1) is 27.8 Å². The molecule has 0 radical (unpaired) electrons. The second kappa shape index (κ2) is 14.7. The Kier molecular flexibility index (Phi) is 8.42. The molecule has 0 aliphatic heterocycles. The van der Waals surface area contributed by atoms with Crippen LogP contribution in [-0.4, -0.2) is 24.1 Å². The van der Waals surface area contributed by atoms with Gasteiger partial charge in [0, 0.05) is 49.5 Å². The monoisotopic (exact) mass is 791 g/mol. The van der Waals surface area contributed by atoms with Crippen LogP contribution in [0.4, 0.5) is 0 Å². The van der Waals surface area contributed by atoms with Crippen molar-refractivity contribution in [2.75, 3.05) is 0 Å². The highest BCUT2D eigenvalue weighted by Gasteiger charge is 2.23. The zero-order valence-corrected chi connectivity index (χ0v) is 33.6. The van der Waals surface area contributed by atoms with Gasteiger partial charge in [-0.05, 0) is 59.2 Å². The van der Waals surface area contributed by atoms with Crippen molar-refractivity contribution in [3.05, 3.63) is 224 Å². The highest BCUT2D eigenvalue weighted by molar-refractivity contribution is 6.24. The van der Waals surface area contributed by atoms with E-state index in [4.69, 9.17) is 15.0 Å². The third-order valence-corrected chi connectivity index (χ3v) is 12.0. The van der Waals surface area contributed by atoms with Crippen molar-refractivity contribution in [1.29, 1.82) is 0 Å². The summed E-state index contributed by atoms with van der Waals surface area (Å²) in [6.45, 7) is 0. The van der Waals surface area contributed by atoms with Gasteiger partial charge in [-0.2, -0.15) is 0 Å². The molecular formula is C57H37N5. The van der Waals surface area contributed by atoms with Crippen LogP contribution in [0, 0.1) is 0 Å². The average Bonchev–Trinajstić information content (AvgIpc) is 3.88. The third kappa shape index (κ3) is 5.90. The summed E-state index contributed by atoms with van der Waals surface area (Å²) in [6, 6.07) is 79.4. The molecular weight excluding hydrogens is 755 g/mol. The van der Waals surface area contributed by atoms with Crippen LogP contribution < -0.4 is 0 Å². The molecule has 0 amide bonds. The number of nitrogens with zero attached hydrogens (tertiary/aromatic N) is 5. The zero-order chi connectivity index (χ0) is 41.0. The van der Waals surface area contributed by atoms with Gasteiger partial charge >= 0.3 is 0 Å². The van der Waals surface area contributed by atoms with Gasteiger partial charge in [-0.1, -0.05) is 182 Å². The minimum Gasteiger partial charge on any atom is -0.307 e. The summed E-state index contributed by atoms with van der Waals surface area (Å²) in [6.07, 6.45) is 0. The molecule has 0 atom stereocenters. The molecule has 0 bridgehead atoms. The molecule has 0 saturated carbocycles. The highest BCUT2D eigenvalue weighted by Crippen LogP contribution is 2.44. The molecule has 3 aromatic heterocycles. The quantitative estimate of drug-likeness (QED) is 0.162. The normalized spacial score (nSPS) is 11.5. The maximum Gasteiger partial charge on any atom is 0.164 e. The molecule has 5 nitrogen and oxygen atoms in total. The van der Waals surface area contributed by atoms with E-state index in [-0.39, 0.29) is 0 Å². The molecule has 0 fully saturated rings. The number of hydrogen-bond donors (Lipinski definition) is 0. The largest absolute Gasteiger partial charge is 0.307 e. The van der Waals surface area contributed by atoms with Gasteiger partial charge in [0.25, 0.3) is 0 Å². The summed E-state index contributed by atoms with van der Waals surface area (Å²) in [5.41, 5.74) is 14.2. The van der Waals surface area contributed by atoms with Gasteiger partial charge in [0.2, 0.25) is 0 Å². The van der Waals surface area contributed by atoms with Crippen LogP contribution in [-0.2, 0) is 0 Å². The molecule has 0 N–H and O–H groups in total. The molecule has 0 unspecified atom stereocenters. The van der Waals surface area contributed by atoms with E-state index >= 15 is 0 Å². The summed E-state index contributed by atoms with van der Waals surface area (Å²) in [5, 5.41) is 4.80. The van der Waals surface area contributed by atoms with Crippen LogP contribution in [0.5, 0.6) is 0 Å². The lowest BCUT2D eigenvalue weighted by molar-refractivity contribution is 1.07. The van der Waals surface area contributed by atoms with E-state index in [1.165, 1.54) is 43.8 Å². The second-order valence-corrected chi connectivity index (χ2v) is 15.6. The zero-order valence-electron chi connectivity index (χ0n) is 33.6.